The van der Waals surface area contributed by atoms with Crippen molar-refractivity contribution < 1.29 is 14.3 Å². The summed E-state index contributed by atoms with van der Waals surface area (Å²) < 4.78 is 5.22. The van der Waals surface area contributed by atoms with E-state index >= 15 is 0 Å². The van der Waals surface area contributed by atoms with Crippen LogP contribution in [0, 0.1) is 6.92 Å². The summed E-state index contributed by atoms with van der Waals surface area (Å²) in [5.74, 6) is -0.693. The number of aryl methyl sites for hydroxylation is 1. The summed E-state index contributed by atoms with van der Waals surface area (Å²) in [6, 6.07) is 16.8. The maximum atomic E-state index is 12.5. The van der Waals surface area contributed by atoms with Crippen LogP contribution in [-0.4, -0.2) is 18.5 Å². The van der Waals surface area contributed by atoms with Crippen LogP contribution in [-0.2, 0) is 4.74 Å². The Labute approximate surface area is 156 Å². The fraction of sp³-hybridized carbons (Fsp3) is 0.143. The highest BCUT2D eigenvalue weighted by Crippen LogP contribution is 2.36. The number of esters is 1. The molecule has 3 aromatic rings. The average Bonchev–Trinajstić information content (AvgIpc) is 3.07. The van der Waals surface area contributed by atoms with Crippen LogP contribution >= 0.6 is 11.3 Å². The quantitative estimate of drug-likeness (QED) is 0.636. The SMILES string of the molecule is CCOC(=O)c1c(-c2ccc(C)cc2)csc1NC(=O)c1ccccc1. The molecule has 2 aromatic carbocycles. The number of rotatable bonds is 5. The monoisotopic (exact) mass is 365 g/mol. The summed E-state index contributed by atoms with van der Waals surface area (Å²) in [5.41, 5.74) is 3.74. The number of carbonyl (C=O) groups excluding carboxylic acids is 2. The van der Waals surface area contributed by atoms with Crippen molar-refractivity contribution in [1.29, 1.82) is 0 Å². The van der Waals surface area contributed by atoms with Crippen LogP contribution in [0.2, 0.25) is 0 Å². The Hall–Kier alpha value is -2.92. The number of amides is 1. The standard InChI is InChI=1S/C21H19NO3S/c1-3-25-21(24)18-17(15-11-9-14(2)10-12-15)13-26-20(18)22-19(23)16-7-5-4-6-8-16/h4-13H,3H2,1-2H3,(H,22,23). The molecule has 0 spiro atoms. The van der Waals surface area contributed by atoms with E-state index in [1.807, 2.05) is 42.6 Å². The topological polar surface area (TPSA) is 55.4 Å². The van der Waals surface area contributed by atoms with Crippen molar-refractivity contribution in [3.05, 3.63) is 76.7 Å². The molecule has 0 unspecified atom stereocenters. The van der Waals surface area contributed by atoms with Gasteiger partial charge in [0.05, 0.1) is 6.61 Å². The maximum absolute atomic E-state index is 12.5. The number of nitrogens with one attached hydrogen (secondary N) is 1. The molecule has 1 amide bonds. The zero-order chi connectivity index (χ0) is 18.5. The van der Waals surface area contributed by atoms with Gasteiger partial charge in [-0.2, -0.15) is 0 Å². The van der Waals surface area contributed by atoms with Gasteiger partial charge in [-0.1, -0.05) is 48.0 Å². The van der Waals surface area contributed by atoms with Crippen molar-refractivity contribution in [2.45, 2.75) is 13.8 Å². The van der Waals surface area contributed by atoms with Crippen molar-refractivity contribution in [1.82, 2.24) is 0 Å². The number of carbonyl (C=O) groups is 2. The summed E-state index contributed by atoms with van der Waals surface area (Å²) >= 11 is 1.32. The third-order valence-electron chi connectivity index (χ3n) is 3.90. The normalized spacial score (nSPS) is 10.4. The third kappa shape index (κ3) is 3.83. The van der Waals surface area contributed by atoms with Crippen molar-refractivity contribution in [3.63, 3.8) is 0 Å². The lowest BCUT2D eigenvalue weighted by Crippen LogP contribution is -2.14. The minimum atomic E-state index is -0.437. The van der Waals surface area contributed by atoms with Gasteiger partial charge in [0.1, 0.15) is 10.6 Å². The molecule has 26 heavy (non-hydrogen) atoms. The van der Waals surface area contributed by atoms with Crippen LogP contribution in [0.4, 0.5) is 5.00 Å². The zero-order valence-electron chi connectivity index (χ0n) is 14.6. The molecule has 1 aromatic heterocycles. The summed E-state index contributed by atoms with van der Waals surface area (Å²) in [7, 11) is 0. The van der Waals surface area contributed by atoms with Gasteiger partial charge < -0.3 is 10.1 Å². The first kappa shape index (κ1) is 17.9. The van der Waals surface area contributed by atoms with E-state index < -0.39 is 5.97 Å². The van der Waals surface area contributed by atoms with Gasteiger partial charge >= 0.3 is 5.97 Å². The molecule has 0 bridgehead atoms. The summed E-state index contributed by atoms with van der Waals surface area (Å²) in [5, 5.41) is 5.21. The molecule has 5 heteroatoms. The molecular weight excluding hydrogens is 346 g/mol. The molecule has 0 aliphatic rings. The second kappa shape index (κ2) is 7.97. The highest BCUT2D eigenvalue weighted by Gasteiger charge is 2.23. The Morgan fingerprint density at radius 2 is 1.73 bits per heavy atom. The maximum Gasteiger partial charge on any atom is 0.341 e. The van der Waals surface area contributed by atoms with Crippen molar-refractivity contribution in [2.75, 3.05) is 11.9 Å². The first-order valence-electron chi connectivity index (χ1n) is 8.32. The zero-order valence-corrected chi connectivity index (χ0v) is 15.4. The van der Waals surface area contributed by atoms with Gasteiger partial charge in [0.15, 0.2) is 0 Å². The van der Waals surface area contributed by atoms with Gasteiger partial charge in [0.2, 0.25) is 0 Å². The van der Waals surface area contributed by atoms with Gasteiger partial charge in [0, 0.05) is 16.5 Å². The third-order valence-corrected chi connectivity index (χ3v) is 4.79. The lowest BCUT2D eigenvalue weighted by Gasteiger charge is -2.09. The van der Waals surface area contributed by atoms with Crippen molar-refractivity contribution in [2.24, 2.45) is 0 Å². The van der Waals surface area contributed by atoms with Crippen LogP contribution in [0.1, 0.15) is 33.2 Å². The van der Waals surface area contributed by atoms with E-state index in [0.29, 0.717) is 16.1 Å². The predicted molar refractivity (Wildman–Crippen MR) is 105 cm³/mol. The van der Waals surface area contributed by atoms with Crippen LogP contribution in [0.15, 0.2) is 60.0 Å². The highest BCUT2D eigenvalue weighted by atomic mass is 32.1. The summed E-state index contributed by atoms with van der Waals surface area (Å²) in [6.45, 7) is 4.04. The Balaban J connectivity index is 1.98. The Bertz CT molecular complexity index is 914. The largest absolute Gasteiger partial charge is 0.462 e. The van der Waals surface area contributed by atoms with Gasteiger partial charge in [-0.25, -0.2) is 4.79 Å². The second-order valence-electron chi connectivity index (χ2n) is 5.76. The van der Waals surface area contributed by atoms with E-state index in [0.717, 1.165) is 16.7 Å². The summed E-state index contributed by atoms with van der Waals surface area (Å²) in [6.07, 6.45) is 0. The van der Waals surface area contributed by atoms with Crippen LogP contribution in [0.3, 0.4) is 0 Å². The Morgan fingerprint density at radius 3 is 2.38 bits per heavy atom. The van der Waals surface area contributed by atoms with Gasteiger partial charge in [-0.3, -0.25) is 4.79 Å². The number of hydrogen-bond donors (Lipinski definition) is 1. The predicted octanol–water partition coefficient (Wildman–Crippen LogP) is 5.15. The molecule has 3 rings (SSSR count). The molecule has 1 N–H and O–H groups in total. The summed E-state index contributed by atoms with van der Waals surface area (Å²) in [4.78, 5) is 25.0. The number of anilines is 1. The lowest BCUT2D eigenvalue weighted by atomic mass is 10.0. The molecule has 0 saturated heterocycles. The van der Waals surface area contributed by atoms with Gasteiger partial charge in [0.25, 0.3) is 5.91 Å². The van der Waals surface area contributed by atoms with Crippen LogP contribution in [0.5, 0.6) is 0 Å². The average molecular weight is 365 g/mol. The smallest absolute Gasteiger partial charge is 0.341 e. The number of thiophene rings is 1. The molecule has 0 saturated carbocycles. The van der Waals surface area contributed by atoms with Crippen molar-refractivity contribution in [3.8, 4) is 11.1 Å². The number of ether oxygens (including phenoxy) is 1. The fourth-order valence-corrected chi connectivity index (χ4v) is 3.52. The van der Waals surface area contributed by atoms with E-state index in [2.05, 4.69) is 5.32 Å². The Kier molecular flexibility index (Phi) is 5.49. The van der Waals surface area contributed by atoms with Gasteiger partial charge in [-0.15, -0.1) is 11.3 Å². The first-order valence-corrected chi connectivity index (χ1v) is 9.20. The van der Waals surface area contributed by atoms with E-state index in [1.54, 1.807) is 31.2 Å². The molecule has 0 fully saturated rings. The van der Waals surface area contributed by atoms with E-state index in [-0.39, 0.29) is 12.5 Å². The van der Waals surface area contributed by atoms with Crippen LogP contribution in [0.25, 0.3) is 11.1 Å². The molecular formula is C21H19NO3S. The van der Waals surface area contributed by atoms with Crippen molar-refractivity contribution >= 4 is 28.2 Å². The minimum absolute atomic E-state index is 0.256. The van der Waals surface area contributed by atoms with E-state index in [9.17, 15) is 9.59 Å². The first-order chi connectivity index (χ1) is 12.6. The molecule has 0 atom stereocenters. The number of hydrogen-bond acceptors (Lipinski definition) is 4. The molecule has 1 heterocycles. The molecule has 4 nitrogen and oxygen atoms in total. The van der Waals surface area contributed by atoms with Gasteiger partial charge in [-0.05, 0) is 31.5 Å². The fourth-order valence-electron chi connectivity index (χ4n) is 2.57. The Morgan fingerprint density at radius 1 is 1.04 bits per heavy atom. The van der Waals surface area contributed by atoms with E-state index in [1.165, 1.54) is 11.3 Å². The molecule has 0 radical (unpaired) electrons. The number of benzene rings is 2. The highest BCUT2D eigenvalue weighted by molar-refractivity contribution is 7.15. The van der Waals surface area contributed by atoms with E-state index in [4.69, 9.17) is 4.74 Å². The molecule has 132 valence electrons. The molecule has 0 aliphatic carbocycles. The minimum Gasteiger partial charge on any atom is -0.462 e. The second-order valence-corrected chi connectivity index (χ2v) is 6.64. The molecule has 0 aliphatic heterocycles. The lowest BCUT2D eigenvalue weighted by molar-refractivity contribution is 0.0529. The van der Waals surface area contributed by atoms with Crippen LogP contribution < -0.4 is 5.32 Å².